The van der Waals surface area contributed by atoms with Crippen LogP contribution in [0.3, 0.4) is 0 Å². The number of nitrogens with one attached hydrogen (secondary N) is 2. The van der Waals surface area contributed by atoms with E-state index in [4.69, 9.17) is 0 Å². The highest BCUT2D eigenvalue weighted by Crippen LogP contribution is 2.36. The second-order valence-electron chi connectivity index (χ2n) is 5.57. The molecule has 4 nitrogen and oxygen atoms in total. The Balaban J connectivity index is 2.15. The summed E-state index contributed by atoms with van der Waals surface area (Å²) in [4.78, 5) is 18.3. The Morgan fingerprint density at radius 1 is 1.58 bits per heavy atom. The van der Waals surface area contributed by atoms with E-state index in [0.29, 0.717) is 5.92 Å². The number of aryl methyl sites for hydroxylation is 2. The van der Waals surface area contributed by atoms with Gasteiger partial charge in [0.1, 0.15) is 0 Å². The summed E-state index contributed by atoms with van der Waals surface area (Å²) in [7, 11) is 0. The SMILES string of the molecule is CCc1nc(NC(=O)C2(C(C)C)CCNC2)sc1C. The first kappa shape index (κ1) is 14.5. The van der Waals surface area contributed by atoms with Crippen LogP contribution < -0.4 is 10.6 Å². The second-order valence-corrected chi connectivity index (χ2v) is 6.77. The lowest BCUT2D eigenvalue weighted by Crippen LogP contribution is -2.42. The van der Waals surface area contributed by atoms with Gasteiger partial charge in [-0.1, -0.05) is 20.8 Å². The van der Waals surface area contributed by atoms with Gasteiger partial charge in [0.2, 0.25) is 5.91 Å². The van der Waals surface area contributed by atoms with Gasteiger partial charge in [-0.25, -0.2) is 4.98 Å². The lowest BCUT2D eigenvalue weighted by Gasteiger charge is -2.30. The maximum absolute atomic E-state index is 12.6. The molecule has 2 N–H and O–H groups in total. The van der Waals surface area contributed by atoms with Gasteiger partial charge in [-0.15, -0.1) is 11.3 Å². The molecule has 0 bridgehead atoms. The van der Waals surface area contributed by atoms with Crippen LogP contribution in [0.2, 0.25) is 0 Å². The predicted octanol–water partition coefficient (Wildman–Crippen LogP) is 2.59. The maximum Gasteiger partial charge on any atom is 0.233 e. The van der Waals surface area contributed by atoms with Crippen molar-refractivity contribution in [2.24, 2.45) is 11.3 Å². The number of amides is 1. The summed E-state index contributed by atoms with van der Waals surface area (Å²) >= 11 is 1.57. The number of thiazole rings is 1. The van der Waals surface area contributed by atoms with Gasteiger partial charge in [0.05, 0.1) is 11.1 Å². The molecule has 1 saturated heterocycles. The zero-order valence-electron chi connectivity index (χ0n) is 12.2. The zero-order chi connectivity index (χ0) is 14.0. The Morgan fingerprint density at radius 2 is 2.32 bits per heavy atom. The molecular formula is C14H23N3OS. The Labute approximate surface area is 119 Å². The Bertz CT molecular complexity index is 461. The molecular weight excluding hydrogens is 258 g/mol. The molecule has 1 unspecified atom stereocenters. The van der Waals surface area contributed by atoms with Crippen LogP contribution in [0.1, 0.15) is 37.8 Å². The third-order valence-corrected chi connectivity index (χ3v) is 5.12. The standard InChI is InChI=1S/C14H23N3OS/c1-5-11-10(4)19-13(16-11)17-12(18)14(9(2)3)6-7-15-8-14/h9,15H,5-8H2,1-4H3,(H,16,17,18). The number of carbonyl (C=O) groups is 1. The molecule has 1 aliphatic rings. The third kappa shape index (κ3) is 2.67. The monoisotopic (exact) mass is 281 g/mol. The highest BCUT2D eigenvalue weighted by molar-refractivity contribution is 7.15. The van der Waals surface area contributed by atoms with E-state index in [1.807, 2.05) is 0 Å². The molecule has 0 spiro atoms. The summed E-state index contributed by atoms with van der Waals surface area (Å²) in [6.07, 6.45) is 1.82. The number of hydrogen-bond acceptors (Lipinski definition) is 4. The fourth-order valence-corrected chi connectivity index (χ4v) is 3.59. The van der Waals surface area contributed by atoms with Crippen molar-refractivity contribution in [2.45, 2.75) is 40.5 Å². The molecule has 0 saturated carbocycles. The molecule has 106 valence electrons. The van der Waals surface area contributed by atoms with Crippen molar-refractivity contribution >= 4 is 22.4 Å². The van der Waals surface area contributed by atoms with Crippen molar-refractivity contribution in [1.82, 2.24) is 10.3 Å². The molecule has 2 rings (SSSR count). The molecule has 1 amide bonds. The van der Waals surface area contributed by atoms with Crippen molar-refractivity contribution < 1.29 is 4.79 Å². The highest BCUT2D eigenvalue weighted by Gasteiger charge is 2.44. The van der Waals surface area contributed by atoms with E-state index in [-0.39, 0.29) is 11.3 Å². The fourth-order valence-electron chi connectivity index (χ4n) is 2.69. The molecule has 2 heterocycles. The molecule has 1 aromatic heterocycles. The van der Waals surface area contributed by atoms with Crippen LogP contribution in [0, 0.1) is 18.3 Å². The Morgan fingerprint density at radius 3 is 2.79 bits per heavy atom. The molecule has 5 heteroatoms. The molecule has 1 atom stereocenters. The number of anilines is 1. The molecule has 0 aromatic carbocycles. The van der Waals surface area contributed by atoms with Crippen LogP contribution in [0.5, 0.6) is 0 Å². The van der Waals surface area contributed by atoms with E-state index in [9.17, 15) is 4.79 Å². The normalized spacial score (nSPS) is 23.0. The summed E-state index contributed by atoms with van der Waals surface area (Å²) in [6, 6.07) is 0. The van der Waals surface area contributed by atoms with Gasteiger partial charge in [-0.3, -0.25) is 4.79 Å². The van der Waals surface area contributed by atoms with Crippen LogP contribution in [0.25, 0.3) is 0 Å². The molecule has 1 fully saturated rings. The number of rotatable bonds is 4. The lowest BCUT2D eigenvalue weighted by atomic mass is 9.75. The van der Waals surface area contributed by atoms with Crippen molar-refractivity contribution in [1.29, 1.82) is 0 Å². The smallest absolute Gasteiger partial charge is 0.233 e. The first-order chi connectivity index (χ1) is 8.99. The van der Waals surface area contributed by atoms with Crippen molar-refractivity contribution in [3.8, 4) is 0 Å². The van der Waals surface area contributed by atoms with E-state index in [0.717, 1.165) is 36.8 Å². The summed E-state index contributed by atoms with van der Waals surface area (Å²) in [5.74, 6) is 0.443. The first-order valence-corrected chi connectivity index (χ1v) is 7.79. The lowest BCUT2D eigenvalue weighted by molar-refractivity contribution is -0.126. The Kier molecular flexibility index (Phi) is 4.26. The summed E-state index contributed by atoms with van der Waals surface area (Å²) in [5.41, 5.74) is 0.801. The van der Waals surface area contributed by atoms with Gasteiger partial charge in [-0.2, -0.15) is 0 Å². The van der Waals surface area contributed by atoms with Crippen molar-refractivity contribution in [3.05, 3.63) is 10.6 Å². The third-order valence-electron chi connectivity index (χ3n) is 4.19. The van der Waals surface area contributed by atoms with E-state index in [2.05, 4.69) is 43.3 Å². The summed E-state index contributed by atoms with van der Waals surface area (Å²) < 4.78 is 0. The van der Waals surface area contributed by atoms with Gasteiger partial charge in [0, 0.05) is 11.4 Å². The van der Waals surface area contributed by atoms with E-state index >= 15 is 0 Å². The van der Waals surface area contributed by atoms with Gasteiger partial charge < -0.3 is 10.6 Å². The van der Waals surface area contributed by atoms with E-state index < -0.39 is 0 Å². The van der Waals surface area contributed by atoms with Crippen molar-refractivity contribution in [3.63, 3.8) is 0 Å². The fraction of sp³-hybridized carbons (Fsp3) is 0.714. The molecule has 0 aliphatic carbocycles. The summed E-state index contributed by atoms with van der Waals surface area (Å²) in [5, 5.41) is 7.08. The highest BCUT2D eigenvalue weighted by atomic mass is 32.1. The maximum atomic E-state index is 12.6. The van der Waals surface area contributed by atoms with Crippen molar-refractivity contribution in [2.75, 3.05) is 18.4 Å². The van der Waals surface area contributed by atoms with Gasteiger partial charge in [0.25, 0.3) is 0 Å². The second kappa shape index (κ2) is 5.59. The summed E-state index contributed by atoms with van der Waals surface area (Å²) in [6.45, 7) is 10.1. The number of carbonyl (C=O) groups excluding carboxylic acids is 1. The molecule has 0 radical (unpaired) electrons. The van der Waals surface area contributed by atoms with Crippen LogP contribution >= 0.6 is 11.3 Å². The topological polar surface area (TPSA) is 54.0 Å². The molecule has 1 aromatic rings. The quantitative estimate of drug-likeness (QED) is 0.892. The minimum absolute atomic E-state index is 0.115. The number of hydrogen-bond donors (Lipinski definition) is 2. The average molecular weight is 281 g/mol. The molecule has 1 aliphatic heterocycles. The first-order valence-electron chi connectivity index (χ1n) is 6.98. The van der Waals surface area contributed by atoms with Crippen LogP contribution in [0.4, 0.5) is 5.13 Å². The minimum Gasteiger partial charge on any atom is -0.316 e. The van der Waals surface area contributed by atoms with Gasteiger partial charge in [-0.05, 0) is 32.2 Å². The van der Waals surface area contributed by atoms with E-state index in [1.165, 1.54) is 4.88 Å². The van der Waals surface area contributed by atoms with Gasteiger partial charge >= 0.3 is 0 Å². The molecule has 19 heavy (non-hydrogen) atoms. The zero-order valence-corrected chi connectivity index (χ0v) is 13.0. The predicted molar refractivity (Wildman–Crippen MR) is 79.6 cm³/mol. The number of nitrogens with zero attached hydrogens (tertiary/aromatic N) is 1. The Hall–Kier alpha value is -0.940. The number of aromatic nitrogens is 1. The minimum atomic E-state index is -0.286. The van der Waals surface area contributed by atoms with Crippen LogP contribution in [-0.2, 0) is 11.2 Å². The average Bonchev–Trinajstić information content (AvgIpc) is 2.96. The van der Waals surface area contributed by atoms with Crippen LogP contribution in [-0.4, -0.2) is 24.0 Å². The van der Waals surface area contributed by atoms with Gasteiger partial charge in [0.15, 0.2) is 5.13 Å². The largest absolute Gasteiger partial charge is 0.316 e. The van der Waals surface area contributed by atoms with Crippen LogP contribution in [0.15, 0.2) is 0 Å². The van der Waals surface area contributed by atoms with E-state index in [1.54, 1.807) is 11.3 Å².